The maximum Gasteiger partial charge on any atom is 0.346 e. The lowest BCUT2D eigenvalue weighted by Crippen LogP contribution is -2.46. The Labute approximate surface area is 220 Å². The summed E-state index contributed by atoms with van der Waals surface area (Å²) in [6, 6.07) is 3.83. The Morgan fingerprint density at radius 1 is 1.38 bits per heavy atom. The summed E-state index contributed by atoms with van der Waals surface area (Å²) in [4.78, 5) is 50.1. The van der Waals surface area contributed by atoms with Crippen molar-refractivity contribution < 1.29 is 37.9 Å². The molecule has 1 aliphatic rings. The molecule has 0 bridgehead atoms. The van der Waals surface area contributed by atoms with Gasteiger partial charge >= 0.3 is 19.8 Å². The minimum atomic E-state index is -3.00. The van der Waals surface area contributed by atoms with Crippen molar-refractivity contribution in [2.45, 2.75) is 57.2 Å². The number of benzene rings is 1. The quantitative estimate of drug-likeness (QED) is 0.256. The van der Waals surface area contributed by atoms with Gasteiger partial charge in [0, 0.05) is 18.3 Å². The summed E-state index contributed by atoms with van der Waals surface area (Å²) >= 11 is 11.9. The summed E-state index contributed by atoms with van der Waals surface area (Å²) in [6.07, 6.45) is -6.21. The highest BCUT2D eigenvalue weighted by molar-refractivity contribution is 7.33. The molecule has 12 nitrogen and oxygen atoms in total. The van der Waals surface area contributed by atoms with Crippen LogP contribution < -0.4 is 20.9 Å². The third-order valence-corrected chi connectivity index (χ3v) is 6.93. The van der Waals surface area contributed by atoms with E-state index >= 15 is 4.39 Å². The molecule has 2 N–H and O–H groups in total. The van der Waals surface area contributed by atoms with Gasteiger partial charge in [-0.25, -0.2) is 14.0 Å². The molecule has 16 heteroatoms. The molecule has 0 saturated carbocycles. The molecule has 1 saturated heterocycles. The zero-order valence-corrected chi connectivity index (χ0v) is 22.1. The first-order valence-electron chi connectivity index (χ1n) is 10.8. The van der Waals surface area contributed by atoms with E-state index in [2.05, 4.69) is 4.74 Å². The molecule has 1 aromatic carbocycles. The summed E-state index contributed by atoms with van der Waals surface area (Å²) < 4.78 is 41.6. The molecular weight excluding hydrogens is 559 g/mol. The second-order valence-corrected chi connectivity index (χ2v) is 9.75. The van der Waals surface area contributed by atoms with E-state index in [-0.39, 0.29) is 22.4 Å². The monoisotopic (exact) mass is 581 g/mol. The van der Waals surface area contributed by atoms with E-state index < -0.39 is 61.8 Å². The number of nitrogens with zero attached hydrogens (tertiary/aromatic N) is 2. The largest absolute Gasteiger partial charge is 0.583 e. The summed E-state index contributed by atoms with van der Waals surface area (Å²) in [5.41, 5.74) is -4.34. The number of hydrogen-bond donors (Lipinski definition) is 2. The van der Waals surface area contributed by atoms with Gasteiger partial charge in [0.25, 0.3) is 11.8 Å². The molecule has 202 valence electrons. The Balaban J connectivity index is 1.96. The van der Waals surface area contributed by atoms with E-state index in [1.807, 2.05) is 4.98 Å². The number of carbonyl (C=O) groups excluding carboxylic acids is 1. The first-order chi connectivity index (χ1) is 17.3. The van der Waals surface area contributed by atoms with Crippen LogP contribution in [0.25, 0.3) is 0 Å². The Morgan fingerprint density at radius 3 is 2.70 bits per heavy atom. The van der Waals surface area contributed by atoms with Gasteiger partial charge in [0.1, 0.15) is 11.9 Å². The molecular formula is C21H23Cl2FN3O9P. The number of hydrogen-bond acceptors (Lipinski definition) is 10. The zero-order chi connectivity index (χ0) is 27.5. The highest BCUT2D eigenvalue weighted by Gasteiger charge is 2.59. The summed E-state index contributed by atoms with van der Waals surface area (Å²) in [5, 5.41) is 11.1. The van der Waals surface area contributed by atoms with Gasteiger partial charge < -0.3 is 24.2 Å². The molecule has 0 spiro atoms. The normalized spacial score (nSPS) is 25.5. The second-order valence-electron chi connectivity index (χ2n) is 8.02. The van der Waals surface area contributed by atoms with Crippen molar-refractivity contribution in [3.63, 3.8) is 0 Å². The lowest BCUT2D eigenvalue weighted by molar-refractivity contribution is -0.206. The van der Waals surface area contributed by atoms with Crippen LogP contribution in [0.4, 0.5) is 4.39 Å². The highest BCUT2D eigenvalue weighted by Crippen LogP contribution is 2.43. The Kier molecular flexibility index (Phi) is 9.46. The van der Waals surface area contributed by atoms with Crippen LogP contribution in [-0.2, 0) is 18.8 Å². The van der Waals surface area contributed by atoms with Gasteiger partial charge in [-0.15, -0.1) is 4.52 Å². The lowest BCUT2D eigenvalue weighted by atomic mass is 9.98. The minimum absolute atomic E-state index is 0.0160. The number of halogens is 3. The van der Waals surface area contributed by atoms with Gasteiger partial charge in [-0.3, -0.25) is 14.3 Å². The lowest BCUT2D eigenvalue weighted by Gasteiger charge is -2.25. The van der Waals surface area contributed by atoms with E-state index in [0.29, 0.717) is 0 Å². The van der Waals surface area contributed by atoms with Crippen LogP contribution in [0.3, 0.4) is 0 Å². The van der Waals surface area contributed by atoms with Crippen molar-refractivity contribution in [3.8, 4) is 5.75 Å². The fourth-order valence-corrected chi connectivity index (χ4v) is 4.45. The van der Waals surface area contributed by atoms with Crippen LogP contribution in [0.15, 0.2) is 44.8 Å². The van der Waals surface area contributed by atoms with E-state index in [0.717, 1.165) is 23.8 Å². The first-order valence-corrected chi connectivity index (χ1v) is 12.7. The van der Waals surface area contributed by atoms with Crippen LogP contribution in [0.2, 0.25) is 10.0 Å². The number of ether oxygens (including phenoxy) is 3. The highest BCUT2D eigenvalue weighted by atomic mass is 35.5. The molecule has 0 radical (unpaired) electrons. The van der Waals surface area contributed by atoms with Gasteiger partial charge in [0.05, 0.1) is 16.7 Å². The standard InChI is InChI=1S/C21H23Cl2FN3O9P/c1-4-33-17(30)10(2)26-37(32)36-18(34-11-5-6-12(22)13(23)9-11)15-16(29)21(3,24)19(35-15)27-8-7-14(28)25-20(27)31/h5-10,15-16,18-19,29H,4H2,1-3H3,(H,25,28,31)/t10?,15-,16-,18?,19-,21-/m1/s1. The van der Waals surface area contributed by atoms with Crippen LogP contribution in [-0.4, -0.2) is 57.4 Å². The summed E-state index contributed by atoms with van der Waals surface area (Å²) in [6.45, 7) is 3.94. The number of aromatic nitrogens is 2. The van der Waals surface area contributed by atoms with Crippen molar-refractivity contribution in [1.82, 2.24) is 9.55 Å². The van der Waals surface area contributed by atoms with Crippen molar-refractivity contribution in [3.05, 3.63) is 61.3 Å². The number of H-pyrrole nitrogens is 1. The average Bonchev–Trinajstić information content (AvgIpc) is 3.05. The number of aromatic amines is 1. The van der Waals surface area contributed by atoms with Crippen LogP contribution in [0.1, 0.15) is 27.0 Å². The number of aliphatic hydroxyl groups is 1. The van der Waals surface area contributed by atoms with Gasteiger partial charge in [0.15, 0.2) is 24.0 Å². The second kappa shape index (κ2) is 12.0. The van der Waals surface area contributed by atoms with Crippen molar-refractivity contribution >= 4 is 37.3 Å². The maximum absolute atomic E-state index is 15.7. The molecule has 2 aromatic rings. The van der Waals surface area contributed by atoms with Crippen molar-refractivity contribution in [2.75, 3.05) is 6.61 Å². The zero-order valence-electron chi connectivity index (χ0n) is 19.7. The third kappa shape index (κ3) is 6.74. The van der Waals surface area contributed by atoms with E-state index in [1.165, 1.54) is 25.1 Å². The topological polar surface area (TPSA) is 164 Å². The molecule has 2 heterocycles. The van der Waals surface area contributed by atoms with Gasteiger partial charge in [-0.1, -0.05) is 27.9 Å². The molecule has 1 aliphatic heterocycles. The van der Waals surface area contributed by atoms with Gasteiger partial charge in [-0.05, 0) is 32.9 Å². The number of alkyl halides is 1. The Hall–Kier alpha value is -2.38. The third-order valence-electron chi connectivity index (χ3n) is 5.26. The molecule has 37 heavy (non-hydrogen) atoms. The number of nitrogens with one attached hydrogen (secondary N) is 1. The molecule has 7 atom stereocenters. The SMILES string of the molecule is CCOC(=O)C(C)N=[P+]([O-])OC(Oc1ccc(Cl)c(Cl)c1)[C@@H]1O[C@@H](n2ccc(=O)[nH]c2=O)[C@](C)(F)[C@@H]1O. The number of rotatable bonds is 9. The number of aliphatic hydroxyl groups excluding tert-OH is 1. The van der Waals surface area contributed by atoms with Crippen LogP contribution >= 0.6 is 31.4 Å². The predicted molar refractivity (Wildman–Crippen MR) is 128 cm³/mol. The van der Waals surface area contributed by atoms with Gasteiger partial charge in [-0.2, -0.15) is 0 Å². The van der Waals surface area contributed by atoms with Gasteiger partial charge in [0.2, 0.25) is 0 Å². The molecule has 1 aromatic heterocycles. The Bertz CT molecular complexity index is 1290. The fraction of sp³-hybridized carbons (Fsp3) is 0.476. The summed E-state index contributed by atoms with van der Waals surface area (Å²) in [5.74, 6) is -0.746. The minimum Gasteiger partial charge on any atom is -0.583 e. The first kappa shape index (κ1) is 29.2. The molecule has 0 amide bonds. The van der Waals surface area contributed by atoms with E-state index in [9.17, 15) is 24.4 Å². The molecule has 0 aliphatic carbocycles. The van der Waals surface area contributed by atoms with Crippen molar-refractivity contribution in [1.29, 1.82) is 0 Å². The molecule has 3 rings (SSSR count). The van der Waals surface area contributed by atoms with Crippen LogP contribution in [0.5, 0.6) is 5.75 Å². The molecule has 1 fully saturated rings. The average molecular weight is 582 g/mol. The molecule has 3 unspecified atom stereocenters. The smallest absolute Gasteiger partial charge is 0.346 e. The van der Waals surface area contributed by atoms with Crippen LogP contribution in [0, 0.1) is 0 Å². The number of esters is 1. The number of carbonyl (C=O) groups is 1. The fourth-order valence-electron chi connectivity index (χ4n) is 3.39. The maximum atomic E-state index is 15.7. The summed E-state index contributed by atoms with van der Waals surface area (Å²) in [7, 11) is -3.00. The Morgan fingerprint density at radius 2 is 2.08 bits per heavy atom. The van der Waals surface area contributed by atoms with E-state index in [4.69, 9.17) is 41.9 Å². The van der Waals surface area contributed by atoms with Crippen molar-refractivity contribution in [2.24, 2.45) is 4.74 Å². The predicted octanol–water partition coefficient (Wildman–Crippen LogP) is 2.06. The van der Waals surface area contributed by atoms with E-state index in [1.54, 1.807) is 6.92 Å².